The summed E-state index contributed by atoms with van der Waals surface area (Å²) in [5.41, 5.74) is 0.607. The average Bonchev–Trinajstić information content (AvgIpc) is 3.22. The summed E-state index contributed by atoms with van der Waals surface area (Å²) in [6.07, 6.45) is 3.41. The van der Waals surface area contributed by atoms with Crippen molar-refractivity contribution in [3.05, 3.63) is 46.8 Å². The molecule has 0 saturated heterocycles. The molecule has 1 aromatic heterocycles. The molecule has 4 nitrogen and oxygen atoms in total. The molecule has 3 rings (SSSR count). The number of carboxylic acid groups (broad SMARTS) is 1. The lowest BCUT2D eigenvalue weighted by Crippen LogP contribution is -2.07. The van der Waals surface area contributed by atoms with Crippen LogP contribution >= 0.6 is 11.6 Å². The van der Waals surface area contributed by atoms with Gasteiger partial charge in [0.2, 0.25) is 0 Å². The van der Waals surface area contributed by atoms with E-state index in [1.807, 2.05) is 0 Å². The maximum Gasteiger partial charge on any atom is 0.355 e. The van der Waals surface area contributed by atoms with E-state index in [0.717, 1.165) is 18.9 Å². The highest BCUT2D eigenvalue weighted by molar-refractivity contribution is 6.33. The number of carbonyl (C=O) groups is 1. The Labute approximate surface area is 119 Å². The molecule has 1 fully saturated rings. The lowest BCUT2D eigenvalue weighted by molar-refractivity contribution is 0.0691. The van der Waals surface area contributed by atoms with Gasteiger partial charge in [-0.15, -0.1) is 0 Å². The van der Waals surface area contributed by atoms with E-state index in [-0.39, 0.29) is 16.6 Å². The van der Waals surface area contributed by atoms with Gasteiger partial charge in [0.15, 0.2) is 5.69 Å². The first-order chi connectivity index (χ1) is 9.56. The normalized spacial score (nSPS) is 14.3. The second-order valence-electron chi connectivity index (χ2n) is 4.69. The van der Waals surface area contributed by atoms with Crippen molar-refractivity contribution < 1.29 is 14.3 Å². The maximum atomic E-state index is 13.1. The third-order valence-corrected chi connectivity index (χ3v) is 3.49. The topological polar surface area (TPSA) is 63.1 Å². The minimum absolute atomic E-state index is 0.101. The van der Waals surface area contributed by atoms with Crippen molar-refractivity contribution in [1.82, 2.24) is 9.97 Å². The molecule has 0 atom stereocenters. The number of benzene rings is 1. The number of hydrogen-bond acceptors (Lipinski definition) is 3. The first-order valence-electron chi connectivity index (χ1n) is 6.12. The van der Waals surface area contributed by atoms with Gasteiger partial charge in [0, 0.05) is 23.2 Å². The van der Waals surface area contributed by atoms with Crippen molar-refractivity contribution >= 4 is 17.6 Å². The smallest absolute Gasteiger partial charge is 0.355 e. The summed E-state index contributed by atoms with van der Waals surface area (Å²) in [6, 6.07) is 3.79. The van der Waals surface area contributed by atoms with Crippen molar-refractivity contribution in [3.8, 4) is 11.1 Å². The van der Waals surface area contributed by atoms with Crippen molar-refractivity contribution in [3.63, 3.8) is 0 Å². The number of aromatic carboxylic acids is 1. The minimum atomic E-state index is -1.15. The molecule has 102 valence electrons. The SMILES string of the molecule is O=C(O)c1nc(C2CC2)ncc1-c1ccc(F)cc1Cl. The summed E-state index contributed by atoms with van der Waals surface area (Å²) >= 11 is 5.97. The van der Waals surface area contributed by atoms with E-state index in [9.17, 15) is 14.3 Å². The monoisotopic (exact) mass is 292 g/mol. The molecule has 0 radical (unpaired) electrons. The number of carboxylic acids is 1. The van der Waals surface area contributed by atoms with Crippen LogP contribution < -0.4 is 0 Å². The molecule has 1 aliphatic rings. The molecule has 1 aliphatic carbocycles. The van der Waals surface area contributed by atoms with Crippen LogP contribution in [-0.2, 0) is 0 Å². The van der Waals surface area contributed by atoms with Gasteiger partial charge in [-0.05, 0) is 31.0 Å². The maximum absolute atomic E-state index is 13.1. The molecule has 2 aromatic rings. The second kappa shape index (κ2) is 4.83. The number of hydrogen-bond donors (Lipinski definition) is 1. The number of aromatic nitrogens is 2. The average molecular weight is 293 g/mol. The van der Waals surface area contributed by atoms with Gasteiger partial charge in [-0.3, -0.25) is 0 Å². The molecule has 0 aliphatic heterocycles. The molecule has 20 heavy (non-hydrogen) atoms. The van der Waals surface area contributed by atoms with Gasteiger partial charge < -0.3 is 5.11 Å². The summed E-state index contributed by atoms with van der Waals surface area (Å²) in [6.45, 7) is 0. The van der Waals surface area contributed by atoms with E-state index in [2.05, 4.69) is 9.97 Å². The molecular weight excluding hydrogens is 283 g/mol. The molecule has 0 bridgehead atoms. The standard InChI is InChI=1S/C14H10ClFN2O2/c15-11-5-8(16)3-4-9(11)10-6-17-13(7-1-2-7)18-12(10)14(19)20/h3-7H,1-2H2,(H,19,20). The van der Waals surface area contributed by atoms with Gasteiger partial charge >= 0.3 is 5.97 Å². The van der Waals surface area contributed by atoms with Crippen LogP contribution in [0.3, 0.4) is 0 Å². The van der Waals surface area contributed by atoms with E-state index < -0.39 is 11.8 Å². The predicted octanol–water partition coefficient (Wildman–Crippen LogP) is 3.51. The molecular formula is C14H10ClFN2O2. The van der Waals surface area contributed by atoms with Crippen molar-refractivity contribution in [1.29, 1.82) is 0 Å². The van der Waals surface area contributed by atoms with Crippen LogP contribution in [0.25, 0.3) is 11.1 Å². The van der Waals surface area contributed by atoms with E-state index in [1.165, 1.54) is 18.3 Å². The first-order valence-corrected chi connectivity index (χ1v) is 6.49. The van der Waals surface area contributed by atoms with E-state index in [0.29, 0.717) is 17.0 Å². The Morgan fingerprint density at radius 3 is 2.70 bits per heavy atom. The number of rotatable bonds is 3. The number of halogens is 2. The Kier molecular flexibility index (Phi) is 3.14. The Morgan fingerprint density at radius 2 is 2.10 bits per heavy atom. The molecule has 0 unspecified atom stereocenters. The molecule has 1 N–H and O–H groups in total. The zero-order chi connectivity index (χ0) is 14.3. The van der Waals surface area contributed by atoms with Crippen LogP contribution in [0.1, 0.15) is 35.1 Å². The van der Waals surface area contributed by atoms with Gasteiger partial charge in [-0.1, -0.05) is 11.6 Å². The summed E-state index contributed by atoms with van der Waals surface area (Å²) in [4.78, 5) is 19.7. The second-order valence-corrected chi connectivity index (χ2v) is 5.10. The highest BCUT2D eigenvalue weighted by Crippen LogP contribution is 2.39. The zero-order valence-electron chi connectivity index (χ0n) is 10.3. The zero-order valence-corrected chi connectivity index (χ0v) is 11.1. The van der Waals surface area contributed by atoms with Gasteiger partial charge in [0.05, 0.1) is 5.02 Å². The lowest BCUT2D eigenvalue weighted by Gasteiger charge is -2.08. The Balaban J connectivity index is 2.14. The fourth-order valence-electron chi connectivity index (χ4n) is 2.00. The van der Waals surface area contributed by atoms with E-state index in [4.69, 9.17) is 11.6 Å². The molecule has 1 saturated carbocycles. The largest absolute Gasteiger partial charge is 0.476 e. The Bertz CT molecular complexity index is 702. The van der Waals surface area contributed by atoms with Crippen LogP contribution in [0.15, 0.2) is 24.4 Å². The van der Waals surface area contributed by atoms with Crippen molar-refractivity contribution in [2.45, 2.75) is 18.8 Å². The van der Waals surface area contributed by atoms with Crippen LogP contribution in [0.2, 0.25) is 5.02 Å². The van der Waals surface area contributed by atoms with Crippen LogP contribution in [0.5, 0.6) is 0 Å². The fraction of sp³-hybridized carbons (Fsp3) is 0.214. The lowest BCUT2D eigenvalue weighted by atomic mass is 10.1. The quantitative estimate of drug-likeness (QED) is 0.940. The molecule has 6 heteroatoms. The molecule has 0 amide bonds. The summed E-state index contributed by atoms with van der Waals surface area (Å²) in [5.74, 6) is -0.828. The van der Waals surface area contributed by atoms with E-state index >= 15 is 0 Å². The predicted molar refractivity (Wildman–Crippen MR) is 71.4 cm³/mol. The highest BCUT2D eigenvalue weighted by atomic mass is 35.5. The Morgan fingerprint density at radius 1 is 1.35 bits per heavy atom. The first kappa shape index (κ1) is 13.0. The molecule has 1 heterocycles. The van der Waals surface area contributed by atoms with Gasteiger partial charge in [0.25, 0.3) is 0 Å². The van der Waals surface area contributed by atoms with Crippen LogP contribution in [0, 0.1) is 5.82 Å². The Hall–Kier alpha value is -2.01. The van der Waals surface area contributed by atoms with Crippen molar-refractivity contribution in [2.24, 2.45) is 0 Å². The minimum Gasteiger partial charge on any atom is -0.476 e. The van der Waals surface area contributed by atoms with Gasteiger partial charge in [-0.25, -0.2) is 19.2 Å². The highest BCUT2D eigenvalue weighted by Gasteiger charge is 2.28. The van der Waals surface area contributed by atoms with E-state index in [1.54, 1.807) is 0 Å². The summed E-state index contributed by atoms with van der Waals surface area (Å²) < 4.78 is 13.1. The third kappa shape index (κ3) is 2.36. The summed E-state index contributed by atoms with van der Waals surface area (Å²) in [7, 11) is 0. The fourth-order valence-corrected chi connectivity index (χ4v) is 2.27. The summed E-state index contributed by atoms with van der Waals surface area (Å²) in [5, 5.41) is 9.43. The van der Waals surface area contributed by atoms with Gasteiger partial charge in [0.1, 0.15) is 11.6 Å². The third-order valence-electron chi connectivity index (χ3n) is 3.17. The molecule has 0 spiro atoms. The van der Waals surface area contributed by atoms with Crippen molar-refractivity contribution in [2.75, 3.05) is 0 Å². The van der Waals surface area contributed by atoms with Crippen LogP contribution in [0.4, 0.5) is 4.39 Å². The van der Waals surface area contributed by atoms with Gasteiger partial charge in [-0.2, -0.15) is 0 Å². The van der Waals surface area contributed by atoms with Crippen LogP contribution in [-0.4, -0.2) is 21.0 Å². The number of nitrogens with zero attached hydrogens (tertiary/aromatic N) is 2. The molecule has 1 aromatic carbocycles.